The highest BCUT2D eigenvalue weighted by atomic mass is 32.1. The fourth-order valence-corrected chi connectivity index (χ4v) is 1.88. The molecular weight excluding hydrogens is 272 g/mol. The zero-order valence-electron chi connectivity index (χ0n) is 12.0. The van der Waals surface area contributed by atoms with Gasteiger partial charge in [0.05, 0.1) is 13.3 Å². The molecule has 1 heterocycles. The van der Waals surface area contributed by atoms with Crippen molar-refractivity contribution in [1.29, 1.82) is 0 Å². The molecule has 0 fully saturated rings. The van der Waals surface area contributed by atoms with Crippen LogP contribution in [0, 0.1) is 4.77 Å². The van der Waals surface area contributed by atoms with E-state index >= 15 is 0 Å². The average molecular weight is 290 g/mol. The fourth-order valence-electron chi connectivity index (χ4n) is 1.70. The summed E-state index contributed by atoms with van der Waals surface area (Å²) < 4.78 is 7.26. The molecule has 106 valence electrons. The minimum Gasteiger partial charge on any atom is -0.497 e. The number of nitrogens with one attached hydrogen (secondary N) is 1. The SMILES string of the molecule is COc1ccc(/C=N\n2c(C(C)(C)C)n[nH]c2=S)cc1. The Morgan fingerprint density at radius 1 is 1.30 bits per heavy atom. The minimum atomic E-state index is -0.134. The fraction of sp³-hybridized carbons (Fsp3) is 0.357. The molecule has 2 rings (SSSR count). The molecule has 0 aliphatic carbocycles. The molecule has 0 aliphatic rings. The normalized spacial score (nSPS) is 12.0. The lowest BCUT2D eigenvalue weighted by Gasteiger charge is -2.15. The summed E-state index contributed by atoms with van der Waals surface area (Å²) in [7, 11) is 1.64. The molecule has 0 aliphatic heterocycles. The topological polar surface area (TPSA) is 55.2 Å². The van der Waals surface area contributed by atoms with Crippen LogP contribution in [0.2, 0.25) is 0 Å². The maximum absolute atomic E-state index is 5.21. The van der Waals surface area contributed by atoms with Crippen molar-refractivity contribution in [3.63, 3.8) is 0 Å². The van der Waals surface area contributed by atoms with Crippen molar-refractivity contribution in [2.24, 2.45) is 5.10 Å². The van der Waals surface area contributed by atoms with Gasteiger partial charge in [-0.25, -0.2) is 0 Å². The first-order valence-electron chi connectivity index (χ1n) is 6.28. The molecule has 0 saturated heterocycles. The van der Waals surface area contributed by atoms with Crippen molar-refractivity contribution in [3.8, 4) is 5.75 Å². The van der Waals surface area contributed by atoms with Crippen molar-refractivity contribution in [1.82, 2.24) is 14.9 Å². The van der Waals surface area contributed by atoms with E-state index in [9.17, 15) is 0 Å². The summed E-state index contributed by atoms with van der Waals surface area (Å²) in [5, 5.41) is 11.4. The van der Waals surface area contributed by atoms with Crippen LogP contribution in [0.5, 0.6) is 5.75 Å². The molecule has 0 amide bonds. The molecule has 1 aromatic heterocycles. The summed E-state index contributed by atoms with van der Waals surface area (Å²) in [5.74, 6) is 1.62. The van der Waals surface area contributed by atoms with E-state index in [1.807, 2.05) is 24.3 Å². The Labute approximate surface area is 123 Å². The number of aromatic nitrogens is 3. The van der Waals surface area contributed by atoms with Crippen LogP contribution in [-0.2, 0) is 5.41 Å². The maximum Gasteiger partial charge on any atom is 0.216 e. The van der Waals surface area contributed by atoms with E-state index in [0.29, 0.717) is 4.77 Å². The number of hydrogen-bond acceptors (Lipinski definition) is 4. The Bertz CT molecular complexity index is 662. The van der Waals surface area contributed by atoms with E-state index < -0.39 is 0 Å². The molecule has 5 nitrogen and oxygen atoms in total. The lowest BCUT2D eigenvalue weighted by atomic mass is 9.96. The van der Waals surface area contributed by atoms with Crippen LogP contribution in [0.4, 0.5) is 0 Å². The third-order valence-corrected chi connectivity index (χ3v) is 3.02. The molecule has 0 spiro atoms. The van der Waals surface area contributed by atoms with Crippen LogP contribution < -0.4 is 4.74 Å². The summed E-state index contributed by atoms with van der Waals surface area (Å²) in [5.41, 5.74) is 0.832. The smallest absolute Gasteiger partial charge is 0.216 e. The second-order valence-corrected chi connectivity index (χ2v) is 5.82. The Hall–Kier alpha value is -1.95. The van der Waals surface area contributed by atoms with Crippen LogP contribution in [0.1, 0.15) is 32.2 Å². The maximum atomic E-state index is 5.21. The molecular formula is C14H18N4OS. The summed E-state index contributed by atoms with van der Waals surface area (Å²) >= 11 is 5.21. The molecule has 0 bridgehead atoms. The number of nitrogens with zero attached hydrogens (tertiary/aromatic N) is 3. The largest absolute Gasteiger partial charge is 0.497 e. The van der Waals surface area contributed by atoms with Crippen molar-refractivity contribution in [3.05, 3.63) is 40.4 Å². The van der Waals surface area contributed by atoms with E-state index in [1.54, 1.807) is 18.0 Å². The summed E-state index contributed by atoms with van der Waals surface area (Å²) in [6, 6.07) is 7.65. The highest BCUT2D eigenvalue weighted by Crippen LogP contribution is 2.19. The van der Waals surface area contributed by atoms with Crippen LogP contribution in [0.15, 0.2) is 29.4 Å². The number of hydrogen-bond donors (Lipinski definition) is 1. The molecule has 0 unspecified atom stereocenters. The highest BCUT2D eigenvalue weighted by molar-refractivity contribution is 7.71. The van der Waals surface area contributed by atoms with Gasteiger partial charge in [-0.2, -0.15) is 14.9 Å². The Balaban J connectivity index is 2.31. The molecule has 20 heavy (non-hydrogen) atoms. The Kier molecular flexibility index (Phi) is 4.04. The van der Waals surface area contributed by atoms with Crippen molar-refractivity contribution in [2.45, 2.75) is 26.2 Å². The monoisotopic (exact) mass is 290 g/mol. The first-order valence-corrected chi connectivity index (χ1v) is 6.69. The number of H-pyrrole nitrogens is 1. The summed E-state index contributed by atoms with van der Waals surface area (Å²) in [4.78, 5) is 0. The number of benzene rings is 1. The van der Waals surface area contributed by atoms with E-state index in [2.05, 4.69) is 36.1 Å². The average Bonchev–Trinajstić information content (AvgIpc) is 2.78. The predicted molar refractivity (Wildman–Crippen MR) is 82.1 cm³/mol. The highest BCUT2D eigenvalue weighted by Gasteiger charge is 2.21. The van der Waals surface area contributed by atoms with Crippen molar-refractivity contribution < 1.29 is 4.74 Å². The quantitative estimate of drug-likeness (QED) is 0.698. The van der Waals surface area contributed by atoms with Gasteiger partial charge in [0.1, 0.15) is 5.75 Å². The molecule has 0 radical (unpaired) electrons. The van der Waals surface area contributed by atoms with Crippen LogP contribution >= 0.6 is 12.2 Å². The van der Waals surface area contributed by atoms with E-state index in [4.69, 9.17) is 17.0 Å². The molecule has 1 N–H and O–H groups in total. The van der Waals surface area contributed by atoms with Crippen LogP contribution in [0.25, 0.3) is 0 Å². The lowest BCUT2D eigenvalue weighted by molar-refractivity contribution is 0.415. The van der Waals surface area contributed by atoms with Gasteiger partial charge in [0.2, 0.25) is 4.77 Å². The van der Waals surface area contributed by atoms with Crippen LogP contribution in [0.3, 0.4) is 0 Å². The zero-order valence-corrected chi connectivity index (χ0v) is 12.9. The van der Waals surface area contributed by atoms with Crippen LogP contribution in [-0.4, -0.2) is 28.2 Å². The van der Waals surface area contributed by atoms with Crippen molar-refractivity contribution in [2.75, 3.05) is 7.11 Å². The van der Waals surface area contributed by atoms with Gasteiger partial charge in [-0.15, -0.1) is 0 Å². The summed E-state index contributed by atoms with van der Waals surface area (Å²) in [6.45, 7) is 6.20. The van der Waals surface area contributed by atoms with Gasteiger partial charge in [0.25, 0.3) is 0 Å². The van der Waals surface area contributed by atoms with E-state index in [0.717, 1.165) is 17.1 Å². The van der Waals surface area contributed by atoms with Gasteiger partial charge >= 0.3 is 0 Å². The third kappa shape index (κ3) is 3.14. The number of methoxy groups -OCH3 is 1. The van der Waals surface area contributed by atoms with E-state index in [-0.39, 0.29) is 5.41 Å². The second-order valence-electron chi connectivity index (χ2n) is 5.43. The van der Waals surface area contributed by atoms with Crippen molar-refractivity contribution >= 4 is 18.4 Å². The molecule has 1 aromatic carbocycles. The van der Waals surface area contributed by atoms with Gasteiger partial charge < -0.3 is 4.74 Å². The van der Waals surface area contributed by atoms with E-state index in [1.165, 1.54) is 0 Å². The van der Waals surface area contributed by atoms with Gasteiger partial charge in [-0.05, 0) is 42.0 Å². The Morgan fingerprint density at radius 2 is 1.95 bits per heavy atom. The molecule has 2 aromatic rings. The standard InChI is InChI=1S/C14H18N4OS/c1-14(2,3)12-16-17-13(20)18(12)15-9-10-5-7-11(19-4)8-6-10/h5-9H,1-4H3,(H,17,20)/b15-9-. The Morgan fingerprint density at radius 3 is 2.50 bits per heavy atom. The molecule has 0 saturated carbocycles. The summed E-state index contributed by atoms with van der Waals surface area (Å²) in [6.07, 6.45) is 1.75. The first-order chi connectivity index (χ1) is 9.41. The molecule has 0 atom stereocenters. The third-order valence-electron chi connectivity index (χ3n) is 2.76. The van der Waals surface area contributed by atoms with Gasteiger partial charge in [0.15, 0.2) is 5.82 Å². The van der Waals surface area contributed by atoms with Gasteiger partial charge in [0, 0.05) is 5.41 Å². The number of aromatic amines is 1. The number of ether oxygens (including phenoxy) is 1. The zero-order chi connectivity index (χ0) is 14.8. The van der Waals surface area contributed by atoms with Gasteiger partial charge in [-0.1, -0.05) is 20.8 Å². The first kappa shape index (κ1) is 14.5. The molecule has 6 heteroatoms. The minimum absolute atomic E-state index is 0.134. The second kappa shape index (κ2) is 5.58. The predicted octanol–water partition coefficient (Wildman–Crippen LogP) is 3.13. The van der Waals surface area contributed by atoms with Gasteiger partial charge in [-0.3, -0.25) is 5.10 Å². The number of rotatable bonds is 3. The lowest BCUT2D eigenvalue weighted by Crippen LogP contribution is -2.17.